The van der Waals surface area contributed by atoms with Crippen molar-refractivity contribution in [1.82, 2.24) is 10.2 Å². The van der Waals surface area contributed by atoms with Crippen molar-refractivity contribution in [2.75, 3.05) is 19.6 Å². The van der Waals surface area contributed by atoms with Gasteiger partial charge in [-0.25, -0.2) is 0 Å². The molecule has 1 aromatic carbocycles. The van der Waals surface area contributed by atoms with Gasteiger partial charge in [-0.3, -0.25) is 9.59 Å². The van der Waals surface area contributed by atoms with Crippen LogP contribution in [0.1, 0.15) is 30.0 Å². The Morgan fingerprint density at radius 1 is 1.24 bits per heavy atom. The maximum atomic E-state index is 11.9. The first kappa shape index (κ1) is 17.5. The van der Waals surface area contributed by atoms with E-state index in [1.807, 2.05) is 31.2 Å². The molecule has 1 aliphatic heterocycles. The number of aryl methyl sites for hydroxylation is 1. The molecule has 1 aliphatic rings. The molecule has 0 aromatic heterocycles. The SMILES string of the molecule is Cc1ccc(C(N)C(=O)NCC(=O)N2CCCC2)cc1.Cl. The summed E-state index contributed by atoms with van der Waals surface area (Å²) >= 11 is 0. The molecule has 116 valence electrons. The Hall–Kier alpha value is -1.59. The number of nitrogens with one attached hydrogen (secondary N) is 1. The predicted molar refractivity (Wildman–Crippen MR) is 84.2 cm³/mol. The van der Waals surface area contributed by atoms with Crippen LogP contribution in [0, 0.1) is 6.92 Å². The van der Waals surface area contributed by atoms with Crippen molar-refractivity contribution in [2.45, 2.75) is 25.8 Å². The van der Waals surface area contributed by atoms with Crippen LogP contribution in [0.4, 0.5) is 0 Å². The molecule has 1 aromatic rings. The second-order valence-corrected chi connectivity index (χ2v) is 5.19. The van der Waals surface area contributed by atoms with Gasteiger partial charge in [0, 0.05) is 13.1 Å². The fourth-order valence-corrected chi connectivity index (χ4v) is 2.28. The van der Waals surface area contributed by atoms with Crippen LogP contribution in [0.5, 0.6) is 0 Å². The third-order valence-corrected chi connectivity index (χ3v) is 3.59. The van der Waals surface area contributed by atoms with Gasteiger partial charge < -0.3 is 16.0 Å². The average molecular weight is 312 g/mol. The lowest BCUT2D eigenvalue weighted by atomic mass is 10.1. The molecule has 0 aliphatic carbocycles. The quantitative estimate of drug-likeness (QED) is 0.876. The van der Waals surface area contributed by atoms with Crippen LogP contribution in [-0.2, 0) is 9.59 Å². The highest BCUT2D eigenvalue weighted by Crippen LogP contribution is 2.11. The van der Waals surface area contributed by atoms with E-state index in [1.165, 1.54) is 0 Å². The zero-order chi connectivity index (χ0) is 14.5. The molecule has 1 atom stereocenters. The van der Waals surface area contributed by atoms with Crippen molar-refractivity contribution >= 4 is 24.2 Å². The monoisotopic (exact) mass is 311 g/mol. The Bertz CT molecular complexity index is 484. The summed E-state index contributed by atoms with van der Waals surface area (Å²) in [4.78, 5) is 25.5. The van der Waals surface area contributed by atoms with Gasteiger partial charge in [-0.05, 0) is 25.3 Å². The third kappa shape index (κ3) is 4.72. The van der Waals surface area contributed by atoms with Gasteiger partial charge in [-0.1, -0.05) is 29.8 Å². The van der Waals surface area contributed by atoms with Gasteiger partial charge >= 0.3 is 0 Å². The van der Waals surface area contributed by atoms with Crippen molar-refractivity contribution in [2.24, 2.45) is 5.73 Å². The minimum absolute atomic E-state index is 0. The topological polar surface area (TPSA) is 75.4 Å². The van der Waals surface area contributed by atoms with Crippen LogP contribution in [-0.4, -0.2) is 36.3 Å². The first-order valence-electron chi connectivity index (χ1n) is 6.95. The summed E-state index contributed by atoms with van der Waals surface area (Å²) in [6.07, 6.45) is 2.09. The van der Waals surface area contributed by atoms with E-state index in [1.54, 1.807) is 4.90 Å². The van der Waals surface area contributed by atoms with Crippen LogP contribution in [0.3, 0.4) is 0 Å². The van der Waals surface area contributed by atoms with Gasteiger partial charge in [0.25, 0.3) is 0 Å². The van der Waals surface area contributed by atoms with Gasteiger partial charge in [0.05, 0.1) is 6.54 Å². The van der Waals surface area contributed by atoms with Crippen LogP contribution in [0.2, 0.25) is 0 Å². The van der Waals surface area contributed by atoms with E-state index in [4.69, 9.17) is 5.73 Å². The second kappa shape index (κ2) is 8.00. The van der Waals surface area contributed by atoms with Gasteiger partial charge in [0.1, 0.15) is 6.04 Å². The van der Waals surface area contributed by atoms with Crippen molar-refractivity contribution in [1.29, 1.82) is 0 Å². The number of nitrogens with zero attached hydrogens (tertiary/aromatic N) is 1. The first-order valence-corrected chi connectivity index (χ1v) is 6.95. The summed E-state index contributed by atoms with van der Waals surface area (Å²) < 4.78 is 0. The van der Waals surface area contributed by atoms with Crippen LogP contribution in [0.25, 0.3) is 0 Å². The molecule has 6 heteroatoms. The van der Waals surface area contributed by atoms with E-state index in [0.29, 0.717) is 0 Å². The minimum atomic E-state index is -0.734. The van der Waals surface area contributed by atoms with E-state index >= 15 is 0 Å². The molecular weight excluding hydrogens is 290 g/mol. The summed E-state index contributed by atoms with van der Waals surface area (Å²) in [5.74, 6) is -0.353. The highest BCUT2D eigenvalue weighted by molar-refractivity contribution is 5.88. The molecule has 1 saturated heterocycles. The maximum Gasteiger partial charge on any atom is 0.241 e. The molecule has 0 spiro atoms. The molecule has 0 bridgehead atoms. The molecule has 0 saturated carbocycles. The lowest BCUT2D eigenvalue weighted by molar-refractivity contribution is -0.132. The number of nitrogens with two attached hydrogens (primary N) is 1. The molecule has 1 heterocycles. The lowest BCUT2D eigenvalue weighted by Gasteiger charge is -2.17. The normalized spacial score (nSPS) is 15.2. The summed E-state index contributed by atoms with van der Waals surface area (Å²) in [7, 11) is 0. The zero-order valence-corrected chi connectivity index (χ0v) is 13.0. The fourth-order valence-electron chi connectivity index (χ4n) is 2.28. The molecule has 3 N–H and O–H groups in total. The molecule has 21 heavy (non-hydrogen) atoms. The highest BCUT2D eigenvalue weighted by Gasteiger charge is 2.20. The van der Waals surface area contributed by atoms with Crippen LogP contribution >= 0.6 is 12.4 Å². The van der Waals surface area contributed by atoms with E-state index < -0.39 is 6.04 Å². The smallest absolute Gasteiger partial charge is 0.241 e. The number of hydrogen-bond acceptors (Lipinski definition) is 3. The lowest BCUT2D eigenvalue weighted by Crippen LogP contribution is -2.42. The minimum Gasteiger partial charge on any atom is -0.345 e. The Morgan fingerprint density at radius 2 is 1.81 bits per heavy atom. The number of carbonyl (C=O) groups is 2. The van der Waals surface area contributed by atoms with E-state index in [-0.39, 0.29) is 30.8 Å². The number of benzene rings is 1. The number of carbonyl (C=O) groups excluding carboxylic acids is 2. The van der Waals surface area contributed by atoms with Crippen LogP contribution in [0.15, 0.2) is 24.3 Å². The predicted octanol–water partition coefficient (Wildman–Crippen LogP) is 1.16. The van der Waals surface area contributed by atoms with Crippen molar-refractivity contribution in [3.8, 4) is 0 Å². The van der Waals surface area contributed by atoms with Gasteiger partial charge in [-0.2, -0.15) is 0 Å². The summed E-state index contributed by atoms with van der Waals surface area (Å²) in [6.45, 7) is 3.58. The Morgan fingerprint density at radius 3 is 2.38 bits per heavy atom. The summed E-state index contributed by atoms with van der Waals surface area (Å²) in [5, 5.41) is 2.62. The van der Waals surface area contributed by atoms with Crippen LogP contribution < -0.4 is 11.1 Å². The number of rotatable bonds is 4. The number of amides is 2. The molecule has 2 amide bonds. The van der Waals surface area contributed by atoms with E-state index in [9.17, 15) is 9.59 Å². The summed E-state index contributed by atoms with van der Waals surface area (Å²) in [5.41, 5.74) is 7.76. The first-order chi connectivity index (χ1) is 9.58. The van der Waals surface area contributed by atoms with Crippen molar-refractivity contribution in [3.63, 3.8) is 0 Å². The molecule has 1 fully saturated rings. The van der Waals surface area contributed by atoms with E-state index in [0.717, 1.165) is 37.1 Å². The third-order valence-electron chi connectivity index (χ3n) is 3.59. The molecule has 5 nitrogen and oxygen atoms in total. The summed E-state index contributed by atoms with van der Waals surface area (Å²) in [6, 6.07) is 6.77. The van der Waals surface area contributed by atoms with Gasteiger partial charge in [-0.15, -0.1) is 12.4 Å². The second-order valence-electron chi connectivity index (χ2n) is 5.19. The Balaban J connectivity index is 0.00000220. The Labute approximate surface area is 131 Å². The fraction of sp³-hybridized carbons (Fsp3) is 0.467. The standard InChI is InChI=1S/C15H21N3O2.ClH/c1-11-4-6-12(7-5-11)14(16)15(20)17-10-13(19)18-8-2-3-9-18;/h4-7,14H,2-3,8-10,16H2,1H3,(H,17,20);1H. The molecular formula is C15H22ClN3O2. The number of hydrogen-bond donors (Lipinski definition) is 2. The highest BCUT2D eigenvalue weighted by atomic mass is 35.5. The molecule has 2 rings (SSSR count). The molecule has 0 radical (unpaired) electrons. The van der Waals surface area contributed by atoms with E-state index in [2.05, 4.69) is 5.32 Å². The van der Waals surface area contributed by atoms with Gasteiger partial charge in [0.15, 0.2) is 0 Å². The van der Waals surface area contributed by atoms with Crippen molar-refractivity contribution in [3.05, 3.63) is 35.4 Å². The average Bonchev–Trinajstić information content (AvgIpc) is 2.98. The molecule has 1 unspecified atom stereocenters. The number of likely N-dealkylation sites (tertiary alicyclic amines) is 1. The number of halogens is 1. The zero-order valence-electron chi connectivity index (χ0n) is 12.2. The maximum absolute atomic E-state index is 11.9. The largest absolute Gasteiger partial charge is 0.345 e. The van der Waals surface area contributed by atoms with Gasteiger partial charge in [0.2, 0.25) is 11.8 Å². The Kier molecular flexibility index (Phi) is 6.65. The van der Waals surface area contributed by atoms with Crippen molar-refractivity contribution < 1.29 is 9.59 Å².